The van der Waals surface area contributed by atoms with Gasteiger partial charge in [-0.05, 0) is 85.6 Å². The zero-order chi connectivity index (χ0) is 18.8. The van der Waals surface area contributed by atoms with Gasteiger partial charge in [0.25, 0.3) is 0 Å². The number of nitrogens with zero attached hydrogens (tertiary/aromatic N) is 1. The SMILES string of the molecule is Fc1cc(C#Cc2ccc3c(c2)CCC(CC2CC2)=C3)cc(F)c1N=C=S. The quantitative estimate of drug-likeness (QED) is 0.351. The second-order valence-electron chi connectivity index (χ2n) is 7.11. The Bertz CT molecular complexity index is 1020. The molecule has 1 nitrogen and oxygen atoms in total. The maximum absolute atomic E-state index is 13.9. The van der Waals surface area contributed by atoms with Crippen LogP contribution in [0.5, 0.6) is 0 Å². The van der Waals surface area contributed by atoms with E-state index in [1.165, 1.54) is 30.4 Å². The summed E-state index contributed by atoms with van der Waals surface area (Å²) in [6.07, 6.45) is 8.43. The minimum atomic E-state index is -0.796. The molecule has 2 aliphatic carbocycles. The molecule has 0 atom stereocenters. The molecule has 1 saturated carbocycles. The molecule has 1 fully saturated rings. The summed E-state index contributed by atoms with van der Waals surface area (Å²) in [7, 11) is 0. The lowest BCUT2D eigenvalue weighted by Gasteiger charge is -2.16. The summed E-state index contributed by atoms with van der Waals surface area (Å²) < 4.78 is 27.8. The molecule has 2 aliphatic rings. The Kier molecular flexibility index (Phi) is 4.99. The average molecular weight is 377 g/mol. The van der Waals surface area contributed by atoms with E-state index in [2.05, 4.69) is 47.3 Å². The van der Waals surface area contributed by atoms with Crippen molar-refractivity contribution in [2.45, 2.75) is 32.1 Å². The number of fused-ring (bicyclic) bond motifs is 1. The smallest absolute Gasteiger partial charge is 0.153 e. The van der Waals surface area contributed by atoms with Crippen molar-refractivity contribution in [3.05, 3.63) is 69.8 Å². The van der Waals surface area contributed by atoms with E-state index in [0.717, 1.165) is 36.5 Å². The van der Waals surface area contributed by atoms with Gasteiger partial charge in [-0.1, -0.05) is 29.6 Å². The summed E-state index contributed by atoms with van der Waals surface area (Å²) in [5, 5.41) is 1.98. The predicted octanol–water partition coefficient (Wildman–Crippen LogP) is 6.23. The van der Waals surface area contributed by atoms with Gasteiger partial charge < -0.3 is 0 Å². The van der Waals surface area contributed by atoms with Crippen molar-refractivity contribution >= 4 is 29.1 Å². The Labute approximate surface area is 162 Å². The molecule has 0 saturated heterocycles. The van der Waals surface area contributed by atoms with Crippen molar-refractivity contribution in [2.24, 2.45) is 10.9 Å². The van der Waals surface area contributed by atoms with Crippen LogP contribution in [0.2, 0.25) is 0 Å². The molecule has 4 rings (SSSR count). The normalized spacial score (nSPS) is 15.1. The van der Waals surface area contributed by atoms with Crippen LogP contribution in [0.4, 0.5) is 14.5 Å². The van der Waals surface area contributed by atoms with Crippen molar-refractivity contribution in [3.8, 4) is 11.8 Å². The molecule has 27 heavy (non-hydrogen) atoms. The Hall–Kier alpha value is -2.60. The lowest BCUT2D eigenvalue weighted by atomic mass is 9.89. The highest BCUT2D eigenvalue weighted by molar-refractivity contribution is 7.78. The van der Waals surface area contributed by atoms with Gasteiger partial charge >= 0.3 is 0 Å². The maximum atomic E-state index is 13.9. The van der Waals surface area contributed by atoms with Crippen LogP contribution in [0, 0.1) is 29.4 Å². The van der Waals surface area contributed by atoms with E-state index < -0.39 is 17.3 Å². The lowest BCUT2D eigenvalue weighted by molar-refractivity contribution is 0.587. The highest BCUT2D eigenvalue weighted by Gasteiger charge is 2.23. The van der Waals surface area contributed by atoms with E-state index in [9.17, 15) is 8.78 Å². The van der Waals surface area contributed by atoms with Crippen LogP contribution < -0.4 is 0 Å². The van der Waals surface area contributed by atoms with E-state index in [4.69, 9.17) is 0 Å². The monoisotopic (exact) mass is 377 g/mol. The zero-order valence-electron chi connectivity index (χ0n) is 14.7. The van der Waals surface area contributed by atoms with Crippen LogP contribution in [-0.2, 0) is 6.42 Å². The van der Waals surface area contributed by atoms with Gasteiger partial charge in [0.2, 0.25) is 0 Å². The summed E-state index contributed by atoms with van der Waals surface area (Å²) in [6, 6.07) is 8.44. The fraction of sp³-hybridized carbons (Fsp3) is 0.261. The topological polar surface area (TPSA) is 12.4 Å². The first-order valence-electron chi connectivity index (χ1n) is 9.03. The first kappa shape index (κ1) is 17.8. The molecule has 2 aromatic carbocycles. The number of halogens is 2. The Morgan fingerprint density at radius 2 is 1.74 bits per heavy atom. The third kappa shape index (κ3) is 4.22. The largest absolute Gasteiger partial charge is 0.204 e. The van der Waals surface area contributed by atoms with Crippen molar-refractivity contribution in [1.29, 1.82) is 0 Å². The fourth-order valence-corrected chi connectivity index (χ4v) is 3.51. The van der Waals surface area contributed by atoms with Crippen molar-refractivity contribution in [3.63, 3.8) is 0 Å². The molecule has 134 valence electrons. The Balaban J connectivity index is 1.56. The van der Waals surface area contributed by atoms with Gasteiger partial charge in [-0.15, -0.1) is 0 Å². The number of rotatable bonds is 3. The van der Waals surface area contributed by atoms with E-state index in [-0.39, 0.29) is 5.56 Å². The number of isothiocyanates is 1. The summed E-state index contributed by atoms with van der Waals surface area (Å²) in [6.45, 7) is 0. The molecule has 2 aromatic rings. The number of hydrogen-bond acceptors (Lipinski definition) is 2. The van der Waals surface area contributed by atoms with E-state index in [0.29, 0.717) is 0 Å². The number of allylic oxidation sites excluding steroid dienone is 1. The average Bonchev–Trinajstić information content (AvgIpc) is 3.47. The zero-order valence-corrected chi connectivity index (χ0v) is 15.5. The van der Waals surface area contributed by atoms with Crippen LogP contribution in [0.3, 0.4) is 0 Å². The third-order valence-corrected chi connectivity index (χ3v) is 5.08. The predicted molar refractivity (Wildman–Crippen MR) is 107 cm³/mol. The van der Waals surface area contributed by atoms with Crippen LogP contribution in [0.15, 0.2) is 40.9 Å². The van der Waals surface area contributed by atoms with Crippen LogP contribution in [-0.4, -0.2) is 5.16 Å². The molecular weight excluding hydrogens is 360 g/mol. The minimum Gasteiger partial charge on any atom is -0.204 e. The summed E-state index contributed by atoms with van der Waals surface area (Å²) in [4.78, 5) is 3.40. The molecule has 0 amide bonds. The van der Waals surface area contributed by atoms with Gasteiger partial charge in [0, 0.05) is 11.1 Å². The standard InChI is InChI=1S/C23H17F2NS/c24-21-12-18(13-22(25)23(21)26-14-27)4-3-16-5-7-20-11-17(9-15-1-2-15)6-8-19(20)10-16/h5,7,10-13,15H,1-2,6,8-9H2. The van der Waals surface area contributed by atoms with E-state index in [1.807, 2.05) is 11.2 Å². The van der Waals surface area contributed by atoms with Gasteiger partial charge in [0.1, 0.15) is 5.69 Å². The third-order valence-electron chi connectivity index (χ3n) is 4.99. The molecule has 0 aliphatic heterocycles. The highest BCUT2D eigenvalue weighted by Crippen LogP contribution is 2.38. The van der Waals surface area contributed by atoms with Crippen LogP contribution in [0.1, 0.15) is 47.9 Å². The fourth-order valence-electron chi connectivity index (χ4n) is 3.42. The maximum Gasteiger partial charge on any atom is 0.153 e. The van der Waals surface area contributed by atoms with Gasteiger partial charge in [0.15, 0.2) is 11.6 Å². The summed E-state index contributed by atoms with van der Waals surface area (Å²) in [5.74, 6) is 5.14. The molecule has 0 bridgehead atoms. The first-order chi connectivity index (χ1) is 13.1. The second-order valence-corrected chi connectivity index (χ2v) is 7.29. The number of hydrogen-bond donors (Lipinski definition) is 0. The van der Waals surface area contributed by atoms with Gasteiger partial charge in [0.05, 0.1) is 5.16 Å². The number of aryl methyl sites for hydroxylation is 1. The van der Waals surface area contributed by atoms with Crippen LogP contribution in [0.25, 0.3) is 6.08 Å². The van der Waals surface area contributed by atoms with Crippen LogP contribution >= 0.6 is 12.2 Å². The van der Waals surface area contributed by atoms with E-state index in [1.54, 1.807) is 5.57 Å². The summed E-state index contributed by atoms with van der Waals surface area (Å²) in [5.41, 5.74) is 4.77. The highest BCUT2D eigenvalue weighted by atomic mass is 32.1. The summed E-state index contributed by atoms with van der Waals surface area (Å²) >= 11 is 4.40. The molecular formula is C23H17F2NS. The lowest BCUT2D eigenvalue weighted by Crippen LogP contribution is -2.00. The van der Waals surface area contributed by atoms with Crippen molar-refractivity contribution < 1.29 is 8.78 Å². The molecule has 0 radical (unpaired) electrons. The molecule has 0 unspecified atom stereocenters. The van der Waals surface area contributed by atoms with E-state index >= 15 is 0 Å². The Morgan fingerprint density at radius 3 is 2.44 bits per heavy atom. The van der Waals surface area contributed by atoms with Crippen molar-refractivity contribution in [1.82, 2.24) is 0 Å². The molecule has 0 N–H and O–H groups in total. The number of benzene rings is 2. The number of thiocarbonyl (C=S) groups is 1. The molecule has 0 spiro atoms. The first-order valence-corrected chi connectivity index (χ1v) is 9.44. The molecule has 0 heterocycles. The Morgan fingerprint density at radius 1 is 1.00 bits per heavy atom. The van der Waals surface area contributed by atoms with Gasteiger partial charge in [-0.25, -0.2) is 8.78 Å². The minimum absolute atomic E-state index is 0.262. The molecule has 0 aromatic heterocycles. The number of aliphatic imine (C=N–C) groups is 1. The molecule has 4 heteroatoms. The second kappa shape index (κ2) is 7.56. The van der Waals surface area contributed by atoms with Crippen molar-refractivity contribution in [2.75, 3.05) is 0 Å². The van der Waals surface area contributed by atoms with Gasteiger partial charge in [-0.2, -0.15) is 4.99 Å². The van der Waals surface area contributed by atoms with Gasteiger partial charge in [-0.3, -0.25) is 0 Å².